The first kappa shape index (κ1) is 14.7. The smallest absolute Gasteiger partial charge is 0.423 e. The molecule has 0 aliphatic rings. The lowest BCUT2D eigenvalue weighted by molar-refractivity contribution is -0.132. The van der Waals surface area contributed by atoms with Gasteiger partial charge in [0.15, 0.2) is 11.5 Å². The van der Waals surface area contributed by atoms with E-state index in [1.807, 2.05) is 0 Å². The van der Waals surface area contributed by atoms with Gasteiger partial charge < -0.3 is 9.26 Å². The molecule has 0 saturated heterocycles. The topological polar surface area (TPSA) is 71.1 Å². The molecule has 0 unspecified atom stereocenters. The second kappa shape index (κ2) is 6.00. The monoisotopic (exact) mass is 274 g/mol. The summed E-state index contributed by atoms with van der Waals surface area (Å²) in [6, 6.07) is 4.93. The number of phosphoric acid groups is 1. The fraction of sp³-hybridized carbons (Fsp3) is 0.364. The van der Waals surface area contributed by atoms with E-state index in [4.69, 9.17) is 9.26 Å². The Balaban J connectivity index is 3.14. The first-order valence-electron chi connectivity index (χ1n) is 5.11. The lowest BCUT2D eigenvalue weighted by Crippen LogP contribution is -2.05. The first-order chi connectivity index (χ1) is 8.41. The third-order valence-corrected chi connectivity index (χ3v) is 3.38. The van der Waals surface area contributed by atoms with Crippen molar-refractivity contribution in [2.75, 3.05) is 14.2 Å². The average Bonchev–Trinajstić information content (AvgIpc) is 2.33. The molecule has 0 aromatic heterocycles. The van der Waals surface area contributed by atoms with Crippen molar-refractivity contribution in [3.63, 3.8) is 0 Å². The number of ether oxygens (including phenoxy) is 1. The van der Waals surface area contributed by atoms with Gasteiger partial charge in [0.25, 0.3) is 0 Å². The molecule has 0 fully saturated rings. The van der Waals surface area contributed by atoms with Crippen LogP contribution < -0.4 is 9.26 Å². The standard InChI is InChI=1S/C11H15O6P/c1-8-6-5-7-10(16-9(2)12)11(8)17-18(13,14-3)15-4/h5-7H,1-4H3. The van der Waals surface area contributed by atoms with Crippen LogP contribution in [0.2, 0.25) is 0 Å². The second-order valence-corrected chi connectivity index (χ2v) is 5.21. The minimum atomic E-state index is -3.69. The Hall–Kier alpha value is -1.36. The number of rotatable bonds is 5. The van der Waals surface area contributed by atoms with E-state index in [1.165, 1.54) is 27.2 Å². The van der Waals surface area contributed by atoms with E-state index >= 15 is 0 Å². The molecule has 7 heteroatoms. The molecule has 0 aliphatic carbocycles. The van der Waals surface area contributed by atoms with Gasteiger partial charge in [0, 0.05) is 21.1 Å². The summed E-state index contributed by atoms with van der Waals surface area (Å²) in [4.78, 5) is 11.0. The van der Waals surface area contributed by atoms with Crippen LogP contribution in [0.15, 0.2) is 18.2 Å². The lowest BCUT2D eigenvalue weighted by Gasteiger charge is -2.17. The molecular weight excluding hydrogens is 259 g/mol. The fourth-order valence-corrected chi connectivity index (χ4v) is 1.99. The molecule has 0 bridgehead atoms. The van der Waals surface area contributed by atoms with Crippen molar-refractivity contribution in [2.45, 2.75) is 13.8 Å². The summed E-state index contributed by atoms with van der Waals surface area (Å²) < 4.78 is 31.4. The highest BCUT2D eigenvalue weighted by atomic mass is 31.2. The van der Waals surface area contributed by atoms with Crippen molar-refractivity contribution in [3.05, 3.63) is 23.8 Å². The van der Waals surface area contributed by atoms with E-state index in [9.17, 15) is 9.36 Å². The Morgan fingerprint density at radius 2 is 1.83 bits per heavy atom. The largest absolute Gasteiger partial charge is 0.529 e. The van der Waals surface area contributed by atoms with E-state index in [0.29, 0.717) is 5.56 Å². The highest BCUT2D eigenvalue weighted by molar-refractivity contribution is 7.48. The molecule has 1 aromatic carbocycles. The van der Waals surface area contributed by atoms with Gasteiger partial charge in [0.05, 0.1) is 0 Å². The van der Waals surface area contributed by atoms with Crippen LogP contribution in [0.1, 0.15) is 12.5 Å². The molecule has 100 valence electrons. The molecule has 0 spiro atoms. The molecule has 18 heavy (non-hydrogen) atoms. The van der Waals surface area contributed by atoms with Crippen LogP contribution in [0, 0.1) is 6.92 Å². The van der Waals surface area contributed by atoms with Gasteiger partial charge in [-0.1, -0.05) is 12.1 Å². The number of esters is 1. The minimum Gasteiger partial charge on any atom is -0.423 e. The maximum atomic E-state index is 11.9. The van der Waals surface area contributed by atoms with Gasteiger partial charge in [-0.2, -0.15) is 0 Å². The van der Waals surface area contributed by atoms with Gasteiger partial charge in [0.2, 0.25) is 0 Å². The molecule has 0 aliphatic heterocycles. The van der Waals surface area contributed by atoms with Gasteiger partial charge in [0.1, 0.15) is 0 Å². The lowest BCUT2D eigenvalue weighted by atomic mass is 10.2. The van der Waals surface area contributed by atoms with Crippen molar-refractivity contribution in [3.8, 4) is 11.5 Å². The Bertz CT molecular complexity index is 476. The molecule has 1 aromatic rings. The predicted octanol–water partition coefficient (Wildman–Crippen LogP) is 2.70. The highest BCUT2D eigenvalue weighted by Gasteiger charge is 2.27. The zero-order chi connectivity index (χ0) is 13.8. The Labute approximate surface area is 105 Å². The Morgan fingerprint density at radius 1 is 1.22 bits per heavy atom. The van der Waals surface area contributed by atoms with Crippen LogP contribution in [0.4, 0.5) is 0 Å². The minimum absolute atomic E-state index is 0.153. The third-order valence-electron chi connectivity index (χ3n) is 2.08. The molecule has 1 rings (SSSR count). The van der Waals surface area contributed by atoms with E-state index in [-0.39, 0.29) is 11.5 Å². The summed E-state index contributed by atoms with van der Waals surface area (Å²) in [5, 5.41) is 0. The molecule has 0 saturated carbocycles. The number of aryl methyl sites for hydroxylation is 1. The number of hydrogen-bond acceptors (Lipinski definition) is 6. The van der Waals surface area contributed by atoms with Crippen LogP contribution in [0.5, 0.6) is 11.5 Å². The number of para-hydroxylation sites is 1. The predicted molar refractivity (Wildman–Crippen MR) is 64.7 cm³/mol. The quantitative estimate of drug-likeness (QED) is 0.467. The molecular formula is C11H15O6P. The number of carbonyl (C=O) groups is 1. The van der Waals surface area contributed by atoms with E-state index in [1.54, 1.807) is 19.1 Å². The van der Waals surface area contributed by atoms with Crippen molar-refractivity contribution in [1.29, 1.82) is 0 Å². The van der Waals surface area contributed by atoms with Crippen molar-refractivity contribution in [1.82, 2.24) is 0 Å². The summed E-state index contributed by atoms with van der Waals surface area (Å²) >= 11 is 0. The maximum absolute atomic E-state index is 11.9. The Kier molecular flexibility index (Phi) is 4.90. The van der Waals surface area contributed by atoms with Gasteiger partial charge in [-0.15, -0.1) is 0 Å². The average molecular weight is 274 g/mol. The van der Waals surface area contributed by atoms with Gasteiger partial charge in [-0.3, -0.25) is 13.8 Å². The summed E-state index contributed by atoms with van der Waals surface area (Å²) in [6.07, 6.45) is 0. The summed E-state index contributed by atoms with van der Waals surface area (Å²) in [5.74, 6) is -0.188. The zero-order valence-corrected chi connectivity index (χ0v) is 11.5. The third kappa shape index (κ3) is 3.57. The number of hydrogen-bond donors (Lipinski definition) is 0. The van der Waals surface area contributed by atoms with E-state index in [0.717, 1.165) is 0 Å². The van der Waals surface area contributed by atoms with Crippen LogP contribution in [-0.4, -0.2) is 20.2 Å². The zero-order valence-electron chi connectivity index (χ0n) is 10.6. The van der Waals surface area contributed by atoms with Crippen molar-refractivity contribution < 1.29 is 27.7 Å². The highest BCUT2D eigenvalue weighted by Crippen LogP contribution is 2.50. The Morgan fingerprint density at radius 3 is 2.33 bits per heavy atom. The van der Waals surface area contributed by atoms with Gasteiger partial charge in [-0.05, 0) is 18.6 Å². The summed E-state index contributed by atoms with van der Waals surface area (Å²) in [5.41, 5.74) is 0.642. The van der Waals surface area contributed by atoms with Crippen LogP contribution in [0.25, 0.3) is 0 Å². The van der Waals surface area contributed by atoms with E-state index in [2.05, 4.69) is 9.05 Å². The maximum Gasteiger partial charge on any atom is 0.529 e. The molecule has 0 amide bonds. The van der Waals surface area contributed by atoms with Crippen molar-refractivity contribution >= 4 is 13.8 Å². The van der Waals surface area contributed by atoms with E-state index < -0.39 is 13.8 Å². The first-order valence-corrected chi connectivity index (χ1v) is 6.57. The van der Waals surface area contributed by atoms with Crippen LogP contribution >= 0.6 is 7.82 Å². The molecule has 0 heterocycles. The second-order valence-electron chi connectivity index (χ2n) is 3.40. The molecule has 0 radical (unpaired) electrons. The van der Waals surface area contributed by atoms with Crippen LogP contribution in [0.3, 0.4) is 0 Å². The fourth-order valence-electron chi connectivity index (χ4n) is 1.24. The van der Waals surface area contributed by atoms with Crippen molar-refractivity contribution in [2.24, 2.45) is 0 Å². The number of phosphoric ester groups is 1. The SMILES string of the molecule is COP(=O)(OC)Oc1c(C)cccc1OC(C)=O. The molecule has 0 N–H and O–H groups in total. The summed E-state index contributed by atoms with van der Waals surface area (Å²) in [7, 11) is -1.29. The van der Waals surface area contributed by atoms with Gasteiger partial charge in [-0.25, -0.2) is 4.57 Å². The number of carbonyl (C=O) groups excluding carboxylic acids is 1. The molecule has 0 atom stereocenters. The number of benzene rings is 1. The molecule has 6 nitrogen and oxygen atoms in total. The van der Waals surface area contributed by atoms with Crippen LogP contribution in [-0.2, 0) is 18.4 Å². The van der Waals surface area contributed by atoms with Gasteiger partial charge >= 0.3 is 13.8 Å². The normalized spacial score (nSPS) is 11.1. The summed E-state index contributed by atoms with van der Waals surface area (Å²) in [6.45, 7) is 2.98.